The van der Waals surface area contributed by atoms with Gasteiger partial charge in [0.15, 0.2) is 0 Å². The number of methoxy groups -OCH3 is 1. The fourth-order valence-electron chi connectivity index (χ4n) is 4.24. The highest BCUT2D eigenvalue weighted by Gasteiger charge is 2.28. The lowest BCUT2D eigenvalue weighted by Crippen LogP contribution is -2.37. The van der Waals surface area contributed by atoms with Crippen LogP contribution in [0.4, 0.5) is 0 Å². The second-order valence-electron chi connectivity index (χ2n) is 8.36. The van der Waals surface area contributed by atoms with E-state index in [1.807, 2.05) is 76.4 Å². The molecule has 0 bridgehead atoms. The van der Waals surface area contributed by atoms with Crippen LogP contribution in [0.5, 0.6) is 0 Å². The number of carbonyl (C=O) groups excluding carboxylic acids is 4. The summed E-state index contributed by atoms with van der Waals surface area (Å²) >= 11 is 0. The number of nitrogens with one attached hydrogen (secondary N) is 2. The molecule has 37 heavy (non-hydrogen) atoms. The average Bonchev–Trinajstić information content (AvgIpc) is 3.61. The van der Waals surface area contributed by atoms with Crippen LogP contribution in [-0.2, 0) is 20.7 Å². The van der Waals surface area contributed by atoms with Gasteiger partial charge in [0.05, 0.1) is 25.4 Å². The van der Waals surface area contributed by atoms with Gasteiger partial charge in [-0.2, -0.15) is 0 Å². The number of amides is 4. The van der Waals surface area contributed by atoms with Gasteiger partial charge in [0.1, 0.15) is 0 Å². The Kier molecular flexibility index (Phi) is 6.25. The molecule has 0 unspecified atom stereocenters. The van der Waals surface area contributed by atoms with Crippen LogP contribution in [0.1, 0.15) is 31.8 Å². The number of aromatic nitrogens is 2. The summed E-state index contributed by atoms with van der Waals surface area (Å²) in [5.74, 6) is -1.39. The molecule has 4 heterocycles. The average molecular weight is 495 g/mol. The van der Waals surface area contributed by atoms with Gasteiger partial charge < -0.3 is 13.9 Å². The van der Waals surface area contributed by atoms with Gasteiger partial charge in [0.25, 0.3) is 17.7 Å². The second kappa shape index (κ2) is 9.82. The molecule has 0 fully saturated rings. The number of ether oxygens (including phenoxy) is 1. The van der Waals surface area contributed by atoms with Crippen molar-refractivity contribution in [1.29, 1.82) is 0 Å². The first-order valence-electron chi connectivity index (χ1n) is 11.4. The van der Waals surface area contributed by atoms with Crippen LogP contribution in [0, 0.1) is 0 Å². The second-order valence-corrected chi connectivity index (χ2v) is 8.36. The summed E-state index contributed by atoms with van der Waals surface area (Å²) < 4.78 is 8.78. The zero-order valence-electron chi connectivity index (χ0n) is 19.8. The van der Waals surface area contributed by atoms with Crippen molar-refractivity contribution in [3.05, 3.63) is 114 Å². The summed E-state index contributed by atoms with van der Waals surface area (Å²) in [6.07, 6.45) is 9.24. The third-order valence-electron chi connectivity index (χ3n) is 5.99. The van der Waals surface area contributed by atoms with Gasteiger partial charge in [-0.3, -0.25) is 29.8 Å². The molecule has 0 saturated heterocycles. The lowest BCUT2D eigenvalue weighted by Gasteiger charge is -2.19. The minimum absolute atomic E-state index is 0.243. The van der Waals surface area contributed by atoms with Crippen LogP contribution in [0.3, 0.4) is 0 Å². The molecule has 4 amide bonds. The molecule has 184 valence electrons. The molecule has 0 aliphatic carbocycles. The van der Waals surface area contributed by atoms with Crippen molar-refractivity contribution in [1.82, 2.24) is 19.8 Å². The Bertz CT molecular complexity index is 1550. The van der Waals surface area contributed by atoms with Crippen molar-refractivity contribution in [2.24, 2.45) is 0 Å². The fourth-order valence-corrected chi connectivity index (χ4v) is 4.24. The van der Waals surface area contributed by atoms with Gasteiger partial charge in [-0.25, -0.2) is 0 Å². The van der Waals surface area contributed by atoms with Gasteiger partial charge in [-0.1, -0.05) is 0 Å². The lowest BCUT2D eigenvalue weighted by atomic mass is 9.95. The molecule has 2 aliphatic rings. The molecule has 0 radical (unpaired) electrons. The maximum atomic E-state index is 11.9. The number of hydrogen-bond donors (Lipinski definition) is 2. The molecule has 2 N–H and O–H groups in total. The van der Waals surface area contributed by atoms with E-state index >= 15 is 0 Å². The van der Waals surface area contributed by atoms with E-state index < -0.39 is 11.8 Å². The highest BCUT2D eigenvalue weighted by molar-refractivity contribution is 6.30. The summed E-state index contributed by atoms with van der Waals surface area (Å²) in [7, 11) is 1.46. The van der Waals surface area contributed by atoms with Gasteiger partial charge in [-0.05, 0) is 66.2 Å². The zero-order valence-corrected chi connectivity index (χ0v) is 19.8. The Morgan fingerprint density at radius 2 is 1.27 bits per heavy atom. The predicted molar refractivity (Wildman–Crippen MR) is 135 cm³/mol. The maximum Gasteiger partial charge on any atom is 0.261 e. The smallest absolute Gasteiger partial charge is 0.261 e. The summed E-state index contributed by atoms with van der Waals surface area (Å²) in [5.41, 5.74) is 4.58. The minimum atomic E-state index is -0.450. The number of carbonyl (C=O) groups is 4. The molecule has 6 rings (SSSR count). The SMILES string of the molecule is COC=C1C(=O)NC(=O)c2ccc(-n3cccc3)cc21.O=C1Cc2cc(-n3cccc3)ccc2C(=O)N1. The summed E-state index contributed by atoms with van der Waals surface area (Å²) in [4.78, 5) is 46.6. The van der Waals surface area contributed by atoms with Gasteiger partial charge in [0, 0.05) is 52.9 Å². The highest BCUT2D eigenvalue weighted by atomic mass is 16.5. The zero-order chi connectivity index (χ0) is 25.9. The van der Waals surface area contributed by atoms with E-state index in [0.29, 0.717) is 22.3 Å². The molecule has 9 heteroatoms. The quantitative estimate of drug-likeness (QED) is 0.258. The monoisotopic (exact) mass is 494 g/mol. The summed E-state index contributed by atoms with van der Waals surface area (Å²) in [5, 5.41) is 4.60. The Hall–Kier alpha value is -5.18. The Labute approximate surface area is 212 Å². The van der Waals surface area contributed by atoms with Crippen LogP contribution in [0.2, 0.25) is 0 Å². The first-order valence-corrected chi connectivity index (χ1v) is 11.4. The van der Waals surface area contributed by atoms with Crippen LogP contribution in [-0.4, -0.2) is 39.9 Å². The molecule has 0 saturated carbocycles. The van der Waals surface area contributed by atoms with E-state index in [0.717, 1.165) is 16.9 Å². The van der Waals surface area contributed by atoms with Crippen LogP contribution < -0.4 is 10.6 Å². The van der Waals surface area contributed by atoms with E-state index in [-0.39, 0.29) is 18.2 Å². The summed E-state index contributed by atoms with van der Waals surface area (Å²) in [6, 6.07) is 18.5. The number of rotatable bonds is 3. The van der Waals surface area contributed by atoms with E-state index in [1.54, 1.807) is 18.2 Å². The molecular formula is C28H22N4O5. The molecule has 2 aliphatic heterocycles. The van der Waals surface area contributed by atoms with E-state index in [1.165, 1.54) is 13.4 Å². The minimum Gasteiger partial charge on any atom is -0.504 e. The fraction of sp³-hybridized carbons (Fsp3) is 0.0714. The van der Waals surface area contributed by atoms with E-state index in [4.69, 9.17) is 4.74 Å². The largest absolute Gasteiger partial charge is 0.504 e. The number of hydrogen-bond acceptors (Lipinski definition) is 5. The first-order chi connectivity index (χ1) is 17.9. The van der Waals surface area contributed by atoms with Crippen molar-refractivity contribution < 1.29 is 23.9 Å². The first kappa shape index (κ1) is 23.6. The molecule has 2 aromatic carbocycles. The van der Waals surface area contributed by atoms with Crippen molar-refractivity contribution in [2.75, 3.05) is 7.11 Å². The Morgan fingerprint density at radius 3 is 1.89 bits per heavy atom. The van der Waals surface area contributed by atoms with Crippen LogP contribution in [0.15, 0.2) is 91.7 Å². The number of fused-ring (bicyclic) bond motifs is 2. The van der Waals surface area contributed by atoms with Gasteiger partial charge >= 0.3 is 0 Å². The van der Waals surface area contributed by atoms with Gasteiger partial charge in [-0.15, -0.1) is 0 Å². The molecular weight excluding hydrogens is 472 g/mol. The van der Waals surface area contributed by atoms with E-state index in [9.17, 15) is 19.2 Å². The molecule has 0 spiro atoms. The Morgan fingerprint density at radius 1 is 0.703 bits per heavy atom. The van der Waals surface area contributed by atoms with Crippen molar-refractivity contribution in [3.8, 4) is 11.4 Å². The molecule has 4 aromatic rings. The van der Waals surface area contributed by atoms with Crippen LogP contribution >= 0.6 is 0 Å². The third-order valence-corrected chi connectivity index (χ3v) is 5.99. The third kappa shape index (κ3) is 4.70. The molecule has 2 aromatic heterocycles. The molecule has 0 atom stereocenters. The maximum absolute atomic E-state index is 11.9. The highest BCUT2D eigenvalue weighted by Crippen LogP contribution is 2.26. The van der Waals surface area contributed by atoms with Gasteiger partial charge in [0.2, 0.25) is 5.91 Å². The molecule has 9 nitrogen and oxygen atoms in total. The standard InChI is InChI=1S/C15H12N2O3.C13H10N2O2/c1-20-9-13-12-8-10(17-6-2-3-7-17)4-5-11(12)14(18)16-15(13)19;16-12-8-9-7-10(15-5-1-2-6-15)3-4-11(9)13(17)14-12/h2-9H,1H3,(H,16,18,19);1-7H,8H2,(H,14,16,17). The lowest BCUT2D eigenvalue weighted by molar-refractivity contribution is -0.119. The van der Waals surface area contributed by atoms with Crippen molar-refractivity contribution in [3.63, 3.8) is 0 Å². The van der Waals surface area contributed by atoms with Crippen molar-refractivity contribution >= 4 is 29.2 Å². The number of benzene rings is 2. The number of nitrogens with zero attached hydrogens (tertiary/aromatic N) is 2. The summed E-state index contributed by atoms with van der Waals surface area (Å²) in [6.45, 7) is 0. The van der Waals surface area contributed by atoms with Crippen LogP contribution in [0.25, 0.3) is 16.9 Å². The number of imide groups is 2. The topological polar surface area (TPSA) is 111 Å². The van der Waals surface area contributed by atoms with E-state index in [2.05, 4.69) is 10.6 Å². The normalized spacial score (nSPS) is 15.2. The van der Waals surface area contributed by atoms with Crippen molar-refractivity contribution in [2.45, 2.75) is 6.42 Å². The predicted octanol–water partition coefficient (Wildman–Crippen LogP) is 3.02. The Balaban J connectivity index is 0.000000153.